The van der Waals surface area contributed by atoms with Crippen molar-refractivity contribution in [1.82, 2.24) is 4.98 Å². The Kier molecular flexibility index (Phi) is 8.58. The molecule has 6 nitrogen and oxygen atoms in total. The first-order chi connectivity index (χ1) is 20.5. The summed E-state index contributed by atoms with van der Waals surface area (Å²) in [5, 5.41) is 0. The molecule has 14 heteroatoms. The Bertz CT molecular complexity index is 1720. The Morgan fingerprint density at radius 1 is 0.933 bits per heavy atom. The summed E-state index contributed by atoms with van der Waals surface area (Å²) in [5.41, 5.74) is -4.16. The molecule has 0 saturated carbocycles. The molecule has 1 atom stereocenters. The predicted molar refractivity (Wildman–Crippen MR) is 157 cm³/mol. The Hall–Kier alpha value is -3.68. The average Bonchev–Trinajstić information content (AvgIpc) is 3.33. The van der Waals surface area contributed by atoms with Gasteiger partial charge in [-0.25, -0.2) is 17.8 Å². The first kappa shape index (κ1) is 34.2. The summed E-state index contributed by atoms with van der Waals surface area (Å²) in [7, 11) is -2.29. The van der Waals surface area contributed by atoms with Gasteiger partial charge in [-0.1, -0.05) is 6.07 Å². The molecule has 1 aliphatic heterocycles. The maximum absolute atomic E-state index is 14.1. The Morgan fingerprint density at radius 3 is 2.00 bits per heavy atom. The lowest BCUT2D eigenvalue weighted by atomic mass is 9.81. The van der Waals surface area contributed by atoms with E-state index in [0.29, 0.717) is 48.2 Å². The van der Waals surface area contributed by atoms with Crippen molar-refractivity contribution < 1.29 is 43.9 Å². The highest BCUT2D eigenvalue weighted by atomic mass is 32.2. The van der Waals surface area contributed by atoms with E-state index >= 15 is 0 Å². The number of carbonyl (C=O) groups excluding carboxylic acids is 1. The molecule has 2 heterocycles. The van der Waals surface area contributed by atoms with E-state index in [1.54, 1.807) is 24.8 Å². The first-order valence-corrected chi connectivity index (χ1v) is 15.7. The number of nitrogens with zero attached hydrogens (tertiary/aromatic N) is 3. The number of aromatic nitrogens is 1. The van der Waals surface area contributed by atoms with E-state index in [4.69, 9.17) is 0 Å². The molecule has 0 aliphatic carbocycles. The van der Waals surface area contributed by atoms with Gasteiger partial charge in [-0.15, -0.1) is 0 Å². The number of halogens is 7. The predicted octanol–water partition coefficient (Wildman–Crippen LogP) is 7.54. The van der Waals surface area contributed by atoms with Gasteiger partial charge in [0, 0.05) is 25.4 Å². The van der Waals surface area contributed by atoms with Gasteiger partial charge < -0.3 is 9.80 Å². The monoisotopic (exact) mass is 659 g/mol. The number of hydrogen-bond acceptors (Lipinski definition) is 5. The fraction of sp³-hybridized carbons (Fsp3) is 0.419. The van der Waals surface area contributed by atoms with E-state index in [9.17, 15) is 43.9 Å². The van der Waals surface area contributed by atoms with Crippen LogP contribution in [0.1, 0.15) is 55.9 Å². The minimum Gasteiger partial charge on any atom is -0.337 e. The second-order valence-electron chi connectivity index (χ2n) is 12.0. The van der Waals surface area contributed by atoms with E-state index in [1.807, 2.05) is 0 Å². The van der Waals surface area contributed by atoms with Gasteiger partial charge in [0.2, 0.25) is 5.91 Å². The standard InChI is InChI=1S/C31H32F7N3O3S/c1-18-12-22(32)8-9-23(18)24-16-26(41-11-7-10-29(41,4)45(6,43)44)39-17-25(24)40(5)27(42)28(2,3)19-13-20(30(33,34)35)15-21(14-19)31(36,37)38/h8-9,12-17H,7,10-11H2,1-6H3. The van der Waals surface area contributed by atoms with Gasteiger partial charge in [0.1, 0.15) is 16.5 Å². The summed E-state index contributed by atoms with van der Waals surface area (Å²) in [5.74, 6) is -1.13. The molecule has 1 aromatic heterocycles. The molecule has 1 fully saturated rings. The van der Waals surface area contributed by atoms with Crippen molar-refractivity contribution in [3.05, 3.63) is 76.7 Å². The molecule has 1 saturated heterocycles. The summed E-state index contributed by atoms with van der Waals surface area (Å²) in [6, 6.07) is 6.48. The van der Waals surface area contributed by atoms with Gasteiger partial charge in [-0.2, -0.15) is 26.3 Å². The van der Waals surface area contributed by atoms with Crippen molar-refractivity contribution in [3.63, 3.8) is 0 Å². The number of hydrogen-bond donors (Lipinski definition) is 0. The number of rotatable bonds is 6. The van der Waals surface area contributed by atoms with Gasteiger partial charge in [-0.3, -0.25) is 4.79 Å². The van der Waals surface area contributed by atoms with Crippen LogP contribution in [-0.4, -0.2) is 44.0 Å². The smallest absolute Gasteiger partial charge is 0.337 e. The molecule has 4 rings (SSSR count). The quantitative estimate of drug-likeness (QED) is 0.256. The zero-order valence-electron chi connectivity index (χ0n) is 25.4. The number of pyridine rings is 1. The molecule has 1 unspecified atom stereocenters. The van der Waals surface area contributed by atoms with Crippen LogP contribution in [-0.2, 0) is 32.4 Å². The summed E-state index contributed by atoms with van der Waals surface area (Å²) < 4.78 is 121. The van der Waals surface area contributed by atoms with Crippen molar-refractivity contribution in [1.29, 1.82) is 0 Å². The van der Waals surface area contributed by atoms with Crippen molar-refractivity contribution in [2.45, 2.75) is 63.2 Å². The van der Waals surface area contributed by atoms with Crippen LogP contribution in [0.5, 0.6) is 0 Å². The number of aryl methyl sites for hydroxylation is 1. The second-order valence-corrected chi connectivity index (χ2v) is 14.4. The van der Waals surface area contributed by atoms with Crippen molar-refractivity contribution >= 4 is 27.2 Å². The molecule has 1 amide bonds. The summed E-state index contributed by atoms with van der Waals surface area (Å²) in [6.45, 7) is 5.99. The van der Waals surface area contributed by atoms with Crippen LogP contribution in [0.2, 0.25) is 0 Å². The maximum atomic E-state index is 14.1. The van der Waals surface area contributed by atoms with Crippen LogP contribution in [0, 0.1) is 12.7 Å². The highest BCUT2D eigenvalue weighted by molar-refractivity contribution is 7.92. The van der Waals surface area contributed by atoms with Crippen LogP contribution in [0.4, 0.5) is 42.2 Å². The topological polar surface area (TPSA) is 70.6 Å². The maximum Gasteiger partial charge on any atom is 0.416 e. The lowest BCUT2D eigenvalue weighted by Gasteiger charge is -2.35. The molecule has 0 N–H and O–H groups in total. The van der Waals surface area contributed by atoms with Crippen molar-refractivity contribution in [2.24, 2.45) is 0 Å². The van der Waals surface area contributed by atoms with Crippen LogP contribution in [0.15, 0.2) is 48.7 Å². The summed E-state index contributed by atoms with van der Waals surface area (Å²) >= 11 is 0. The molecule has 0 bridgehead atoms. The number of carbonyl (C=O) groups is 1. The fourth-order valence-electron chi connectivity index (χ4n) is 5.64. The number of sulfone groups is 1. The summed E-state index contributed by atoms with van der Waals surface area (Å²) in [4.78, 5) is 19.8. The SMILES string of the molecule is Cc1cc(F)ccc1-c1cc(N2CCCC2(C)S(C)(=O)=O)ncc1N(C)C(=O)C(C)(C)c1cc(C(F)(F)F)cc(C(F)(F)F)c1. The summed E-state index contributed by atoms with van der Waals surface area (Å²) in [6.07, 6.45) is -6.91. The molecule has 3 aromatic rings. The van der Waals surface area contributed by atoms with Crippen molar-refractivity contribution in [3.8, 4) is 11.1 Å². The number of benzene rings is 2. The lowest BCUT2D eigenvalue weighted by Crippen LogP contribution is -2.48. The number of anilines is 2. The van der Waals surface area contributed by atoms with E-state index in [0.717, 1.165) is 11.2 Å². The number of likely N-dealkylation sites (N-methyl/N-ethyl adjacent to an activating group) is 1. The van der Waals surface area contributed by atoms with Gasteiger partial charge >= 0.3 is 12.4 Å². The first-order valence-electron chi connectivity index (χ1n) is 13.8. The third kappa shape index (κ3) is 6.38. The van der Waals surface area contributed by atoms with Gasteiger partial charge in [-0.05, 0) is 93.6 Å². The minimum atomic E-state index is -5.11. The number of alkyl halides is 6. The van der Waals surface area contributed by atoms with Crippen LogP contribution in [0.3, 0.4) is 0 Å². The van der Waals surface area contributed by atoms with Crippen LogP contribution >= 0.6 is 0 Å². The highest BCUT2D eigenvalue weighted by Gasteiger charge is 2.46. The Balaban J connectivity index is 1.88. The Labute approximate surface area is 256 Å². The molecule has 244 valence electrons. The average molecular weight is 660 g/mol. The molecular formula is C31H32F7N3O3S. The molecule has 0 spiro atoms. The van der Waals surface area contributed by atoms with Crippen LogP contribution < -0.4 is 9.80 Å². The van der Waals surface area contributed by atoms with Crippen molar-refractivity contribution in [2.75, 3.05) is 29.6 Å². The number of amides is 1. The van der Waals surface area contributed by atoms with E-state index < -0.39 is 60.9 Å². The lowest BCUT2D eigenvalue weighted by molar-refractivity contribution is -0.143. The van der Waals surface area contributed by atoms with Gasteiger partial charge in [0.15, 0.2) is 9.84 Å². The third-order valence-electron chi connectivity index (χ3n) is 8.53. The molecule has 0 radical (unpaired) electrons. The molecular weight excluding hydrogens is 627 g/mol. The van der Waals surface area contributed by atoms with E-state index in [1.165, 1.54) is 45.3 Å². The van der Waals surface area contributed by atoms with Gasteiger partial charge in [0.25, 0.3) is 0 Å². The van der Waals surface area contributed by atoms with E-state index in [2.05, 4.69) is 4.98 Å². The van der Waals surface area contributed by atoms with E-state index in [-0.39, 0.29) is 17.6 Å². The second kappa shape index (κ2) is 11.3. The normalized spacial score (nSPS) is 17.9. The van der Waals surface area contributed by atoms with Gasteiger partial charge in [0.05, 0.1) is 28.4 Å². The minimum absolute atomic E-state index is 0.00551. The zero-order valence-corrected chi connectivity index (χ0v) is 26.2. The Morgan fingerprint density at radius 2 is 1.49 bits per heavy atom. The zero-order chi connectivity index (χ0) is 33.9. The molecule has 45 heavy (non-hydrogen) atoms. The largest absolute Gasteiger partial charge is 0.416 e. The van der Waals surface area contributed by atoms with Crippen LogP contribution in [0.25, 0.3) is 11.1 Å². The fourth-order valence-corrected chi connectivity index (χ4v) is 6.74. The highest BCUT2D eigenvalue weighted by Crippen LogP contribution is 2.43. The molecule has 2 aromatic carbocycles. The third-order valence-corrected chi connectivity index (χ3v) is 10.5. The molecule has 1 aliphatic rings.